The van der Waals surface area contributed by atoms with Gasteiger partial charge >= 0.3 is 12.2 Å². The largest absolute Gasteiger partial charge is 0.534 e. The van der Waals surface area contributed by atoms with Gasteiger partial charge in [-0.05, 0) is 30.7 Å². The number of rotatable bonds is 23. The molecule has 5 amide bonds. The maximum Gasteiger partial charge on any atom is 0.534 e. The van der Waals surface area contributed by atoms with Crippen molar-refractivity contribution in [2.24, 2.45) is 11.8 Å². The van der Waals surface area contributed by atoms with Gasteiger partial charge in [0, 0.05) is 44.6 Å². The van der Waals surface area contributed by atoms with Gasteiger partial charge < -0.3 is 25.4 Å². The molecular weight excluding hydrogens is 684 g/mol. The minimum absolute atomic E-state index is 0.0396. The number of alkyl carbamates (subject to hydrolysis) is 1. The molecule has 1 fully saturated rings. The van der Waals surface area contributed by atoms with Crippen LogP contribution < -0.4 is 16.0 Å². The first-order valence-corrected chi connectivity index (χ1v) is 16.8. The molecule has 17 heteroatoms. The second-order valence-corrected chi connectivity index (χ2v) is 11.7. The summed E-state index contributed by atoms with van der Waals surface area (Å²) < 4.78 is 9.52. The van der Waals surface area contributed by atoms with Crippen LogP contribution in [0.3, 0.4) is 0 Å². The molecule has 1 heterocycles. The quantitative estimate of drug-likeness (QED) is 0.0368. The first kappa shape index (κ1) is 44.9. The second kappa shape index (κ2) is 25.7. The first-order chi connectivity index (χ1) is 24.9. The molecule has 1 aliphatic rings. The molecule has 0 aromatic heterocycles. The second-order valence-electron chi connectivity index (χ2n) is 11.7. The van der Waals surface area contributed by atoms with Gasteiger partial charge in [0.2, 0.25) is 11.8 Å². The van der Waals surface area contributed by atoms with Crippen molar-refractivity contribution in [1.82, 2.24) is 21.0 Å². The van der Waals surface area contributed by atoms with Crippen molar-refractivity contribution in [3.8, 4) is 0 Å². The summed E-state index contributed by atoms with van der Waals surface area (Å²) in [6.07, 6.45) is -1.87. The van der Waals surface area contributed by atoms with Crippen LogP contribution in [-0.2, 0) is 59.3 Å². The van der Waals surface area contributed by atoms with Gasteiger partial charge in [-0.2, -0.15) is 0 Å². The molecule has 0 saturated carbocycles. The smallest absolute Gasteiger partial charge is 0.446 e. The highest BCUT2D eigenvalue weighted by Crippen LogP contribution is 2.16. The lowest BCUT2D eigenvalue weighted by Gasteiger charge is -2.23. The monoisotopic (exact) mass is 734 g/mol. The third-order valence-electron chi connectivity index (χ3n) is 7.16. The standard InChI is InChI=1S/C33H46N4O13.C2H4/c1-22(2)18-26(27(39)10-11-28(40)34-14-7-15-49-46-3)36-31(43)24(19-23-8-5-4-6-9-23)20-25(38)21-35-32(44)47-16-17-48-33(45)50-37-29(41)12-13-30(37)42;1-2/h4-6,8-9,22,24,26H,7,10-21H2,1-3H3,(H,34,40)(H,35,44)(H,36,43);1-2H2. The number of hydroxylamine groups is 2. The summed E-state index contributed by atoms with van der Waals surface area (Å²) >= 11 is 0. The number of nitrogens with one attached hydrogen (secondary N) is 3. The Labute approximate surface area is 302 Å². The molecule has 0 spiro atoms. The van der Waals surface area contributed by atoms with E-state index in [9.17, 15) is 38.4 Å². The molecule has 0 aliphatic carbocycles. The van der Waals surface area contributed by atoms with Gasteiger partial charge in [0.15, 0.2) is 11.6 Å². The number of hydrogen-bond acceptors (Lipinski definition) is 13. The van der Waals surface area contributed by atoms with E-state index in [0.717, 1.165) is 5.56 Å². The Morgan fingerprint density at radius 1 is 0.885 bits per heavy atom. The van der Waals surface area contributed by atoms with E-state index in [1.807, 2.05) is 19.9 Å². The topological polar surface area (TPSA) is 222 Å². The Bertz CT molecular complexity index is 1320. The molecule has 17 nitrogen and oxygen atoms in total. The van der Waals surface area contributed by atoms with E-state index in [1.54, 1.807) is 24.3 Å². The molecule has 1 aliphatic heterocycles. The first-order valence-electron chi connectivity index (χ1n) is 16.8. The number of ether oxygens (including phenoxy) is 2. The zero-order valence-electron chi connectivity index (χ0n) is 30.0. The van der Waals surface area contributed by atoms with Crippen LogP contribution in [0.1, 0.15) is 64.4 Å². The number of benzene rings is 1. The number of Topliss-reactive ketones (excluding diaryl/α,β-unsaturated/α-hetero) is 2. The van der Waals surface area contributed by atoms with Gasteiger partial charge in [-0.1, -0.05) is 49.2 Å². The van der Waals surface area contributed by atoms with Crippen molar-refractivity contribution < 1.29 is 62.4 Å². The van der Waals surface area contributed by atoms with Crippen LogP contribution in [0.4, 0.5) is 9.59 Å². The highest BCUT2D eigenvalue weighted by molar-refractivity contribution is 6.01. The molecule has 3 N–H and O–H groups in total. The lowest BCUT2D eigenvalue weighted by molar-refractivity contribution is -0.272. The van der Waals surface area contributed by atoms with Crippen LogP contribution in [-0.4, -0.2) is 98.6 Å². The van der Waals surface area contributed by atoms with Gasteiger partial charge in [-0.25, -0.2) is 19.4 Å². The Morgan fingerprint density at radius 2 is 1.54 bits per heavy atom. The van der Waals surface area contributed by atoms with E-state index < -0.39 is 67.5 Å². The van der Waals surface area contributed by atoms with Crippen LogP contribution in [0.5, 0.6) is 0 Å². The van der Waals surface area contributed by atoms with Crippen molar-refractivity contribution in [3.63, 3.8) is 0 Å². The zero-order valence-corrected chi connectivity index (χ0v) is 30.0. The number of carbonyl (C=O) groups excluding carboxylic acids is 8. The third-order valence-corrected chi connectivity index (χ3v) is 7.16. The fraction of sp³-hybridized carbons (Fsp3) is 0.543. The number of carbonyl (C=O) groups is 8. The molecule has 1 aromatic carbocycles. The zero-order chi connectivity index (χ0) is 38.9. The summed E-state index contributed by atoms with van der Waals surface area (Å²) in [7, 11) is 1.38. The van der Waals surface area contributed by atoms with Crippen LogP contribution >= 0.6 is 0 Å². The molecule has 2 unspecified atom stereocenters. The SMILES string of the molecule is C=C.COOCCCNC(=O)CCC(=O)C(CC(C)C)NC(=O)C(CC(=O)CNC(=O)OCCOC(=O)ON1C(=O)CCC1=O)Cc1ccccc1. The Morgan fingerprint density at radius 3 is 2.17 bits per heavy atom. The van der Waals surface area contributed by atoms with E-state index in [0.29, 0.717) is 31.1 Å². The van der Waals surface area contributed by atoms with Crippen molar-refractivity contribution in [2.45, 2.75) is 71.3 Å². The minimum atomic E-state index is -1.33. The Balaban J connectivity index is 0.00000664. The molecule has 288 valence electrons. The van der Waals surface area contributed by atoms with E-state index in [1.165, 1.54) is 7.11 Å². The normalized spacial score (nSPS) is 13.3. The minimum Gasteiger partial charge on any atom is -0.446 e. The van der Waals surface area contributed by atoms with E-state index >= 15 is 0 Å². The highest BCUT2D eigenvalue weighted by Gasteiger charge is 2.33. The van der Waals surface area contributed by atoms with E-state index in [-0.39, 0.29) is 56.1 Å². The van der Waals surface area contributed by atoms with Crippen LogP contribution in [0.2, 0.25) is 0 Å². The Kier molecular flexibility index (Phi) is 22.2. The average molecular weight is 735 g/mol. The van der Waals surface area contributed by atoms with Crippen molar-refractivity contribution in [3.05, 3.63) is 49.1 Å². The summed E-state index contributed by atoms with van der Waals surface area (Å²) in [6, 6.07) is 8.12. The molecule has 2 atom stereocenters. The van der Waals surface area contributed by atoms with Crippen molar-refractivity contribution in [1.29, 1.82) is 0 Å². The molecular formula is C35H50N4O13. The average Bonchev–Trinajstić information content (AvgIpc) is 3.44. The highest BCUT2D eigenvalue weighted by atomic mass is 17.2. The number of imide groups is 1. The summed E-state index contributed by atoms with van der Waals surface area (Å²) in [5.74, 6) is -3.84. The Hall–Kier alpha value is -5.16. The van der Waals surface area contributed by atoms with Gasteiger partial charge in [0.05, 0.1) is 26.3 Å². The number of hydrogen-bond donors (Lipinski definition) is 3. The maximum absolute atomic E-state index is 13.5. The number of amides is 5. The van der Waals surface area contributed by atoms with Crippen LogP contribution in [0, 0.1) is 11.8 Å². The molecule has 1 saturated heterocycles. The molecule has 52 heavy (non-hydrogen) atoms. The predicted octanol–water partition coefficient (Wildman–Crippen LogP) is 2.51. The van der Waals surface area contributed by atoms with Gasteiger partial charge in [0.25, 0.3) is 11.8 Å². The summed E-state index contributed by atoms with van der Waals surface area (Å²) in [5.41, 5.74) is 0.782. The molecule has 0 radical (unpaired) electrons. The molecule has 1 aromatic rings. The van der Waals surface area contributed by atoms with Crippen molar-refractivity contribution in [2.75, 3.05) is 40.0 Å². The summed E-state index contributed by atoms with van der Waals surface area (Å²) in [4.78, 5) is 112. The van der Waals surface area contributed by atoms with Crippen LogP contribution in [0.25, 0.3) is 0 Å². The van der Waals surface area contributed by atoms with Crippen molar-refractivity contribution >= 4 is 47.4 Å². The summed E-state index contributed by atoms with van der Waals surface area (Å²) in [5, 5.41) is 8.07. The number of nitrogens with zero attached hydrogens (tertiary/aromatic N) is 1. The van der Waals surface area contributed by atoms with Crippen LogP contribution in [0.15, 0.2) is 43.5 Å². The summed E-state index contributed by atoms with van der Waals surface area (Å²) in [6.45, 7) is 9.09. The lowest BCUT2D eigenvalue weighted by atomic mass is 9.91. The van der Waals surface area contributed by atoms with Gasteiger partial charge in [-0.3, -0.25) is 33.6 Å². The maximum atomic E-state index is 13.5. The third kappa shape index (κ3) is 18.7. The van der Waals surface area contributed by atoms with E-state index in [4.69, 9.17) is 9.62 Å². The van der Waals surface area contributed by atoms with E-state index in [2.05, 4.69) is 43.6 Å². The number of ketones is 2. The molecule has 0 bridgehead atoms. The fourth-order valence-corrected chi connectivity index (χ4v) is 4.72. The predicted molar refractivity (Wildman–Crippen MR) is 184 cm³/mol. The lowest BCUT2D eigenvalue weighted by Crippen LogP contribution is -2.46. The van der Waals surface area contributed by atoms with Gasteiger partial charge in [-0.15, -0.1) is 13.2 Å². The van der Waals surface area contributed by atoms with Gasteiger partial charge in [0.1, 0.15) is 13.2 Å². The fourth-order valence-electron chi connectivity index (χ4n) is 4.72. The molecule has 2 rings (SSSR count).